The number of nitrogens with one attached hydrogen (secondary N) is 2. The molecule has 1 aromatic rings. The number of phenolic OH excluding ortho intramolecular Hbond substituents is 1. The first kappa shape index (κ1) is 20.9. The van der Waals surface area contributed by atoms with Gasteiger partial charge in [-0.1, -0.05) is 0 Å². The molecule has 0 aromatic heterocycles. The molecule has 4 rings (SSSR count). The standard InChI is InChI=1S/C29H39N5O8/c1-28(2,3)31-11-17(35)32-15-10-16(33(4)5)13-8-12-9-14-21(34(6)7)24(38)20(27(30)41)26(40)29(14,42)25(39)18(12)23(37)19(13)22(15)36/h10,12,14,21,31,36-37,40,42H,8-9,11H2,1-7H3,(H2,30,41)(H,32,35)/t12-,14-,21-,29-/m0/s1/i1D3,2D3,3D3. The Morgan fingerprint density at radius 2 is 1.81 bits per heavy atom. The predicted molar refractivity (Wildman–Crippen MR) is 155 cm³/mol. The van der Waals surface area contributed by atoms with Crippen molar-refractivity contribution in [2.24, 2.45) is 17.6 Å². The molecule has 4 atom stereocenters. The number of phenols is 1. The molecule has 0 bridgehead atoms. The average molecular weight is 595 g/mol. The molecule has 8 N–H and O–H groups in total. The van der Waals surface area contributed by atoms with Crippen molar-refractivity contribution in [3.8, 4) is 5.75 Å². The summed E-state index contributed by atoms with van der Waals surface area (Å²) in [5.74, 6) is -9.88. The first-order valence-electron chi connectivity index (χ1n) is 17.3. The van der Waals surface area contributed by atoms with Gasteiger partial charge in [0.2, 0.25) is 11.7 Å². The van der Waals surface area contributed by atoms with Crippen LogP contribution in [-0.4, -0.2) is 101 Å². The number of fused-ring (bicyclic) bond motifs is 3. The van der Waals surface area contributed by atoms with Gasteiger partial charge in [-0.15, -0.1) is 0 Å². The summed E-state index contributed by atoms with van der Waals surface area (Å²) in [6, 6.07) is -0.00825. The average Bonchev–Trinajstić information content (AvgIpc) is 2.93. The normalized spacial score (nSPS) is 29.8. The van der Waals surface area contributed by atoms with E-state index in [0.717, 1.165) is 0 Å². The maximum Gasteiger partial charge on any atom is 0.255 e. The Bertz CT molecular complexity index is 1730. The highest BCUT2D eigenvalue weighted by atomic mass is 16.3. The van der Waals surface area contributed by atoms with E-state index < -0.39 is 114 Å². The van der Waals surface area contributed by atoms with E-state index in [-0.39, 0.29) is 29.7 Å². The van der Waals surface area contributed by atoms with Crippen molar-refractivity contribution in [2.75, 3.05) is 45.0 Å². The van der Waals surface area contributed by atoms with E-state index in [0.29, 0.717) is 0 Å². The van der Waals surface area contributed by atoms with Crippen LogP contribution in [-0.2, 0) is 25.6 Å². The monoisotopic (exact) mass is 594 g/mol. The molecular formula is C29H39N5O8. The highest BCUT2D eigenvalue weighted by Crippen LogP contribution is 2.54. The molecule has 13 heteroatoms. The van der Waals surface area contributed by atoms with Gasteiger partial charge >= 0.3 is 0 Å². The summed E-state index contributed by atoms with van der Waals surface area (Å²) in [4.78, 5) is 55.7. The summed E-state index contributed by atoms with van der Waals surface area (Å²) in [6.45, 7) is -12.1. The van der Waals surface area contributed by atoms with Crippen molar-refractivity contribution in [3.05, 3.63) is 34.1 Å². The van der Waals surface area contributed by atoms with E-state index in [2.05, 4.69) is 5.32 Å². The topological polar surface area (TPSA) is 206 Å². The molecule has 0 spiro atoms. The van der Waals surface area contributed by atoms with Crippen molar-refractivity contribution >= 4 is 40.5 Å². The summed E-state index contributed by atoms with van der Waals surface area (Å²) in [5.41, 5.74) is -2.74. The fourth-order valence-electron chi connectivity index (χ4n) is 6.19. The summed E-state index contributed by atoms with van der Waals surface area (Å²) >= 11 is 0. The number of hydrogen-bond acceptors (Lipinski definition) is 11. The fraction of sp³-hybridized carbons (Fsp3) is 0.517. The summed E-state index contributed by atoms with van der Waals surface area (Å²) in [6.07, 6.45) is -0.231. The molecule has 228 valence electrons. The first-order chi connectivity index (χ1) is 23.1. The first-order valence-corrected chi connectivity index (χ1v) is 12.8. The van der Waals surface area contributed by atoms with Gasteiger partial charge in [0.15, 0.2) is 11.4 Å². The number of ketones is 2. The number of nitrogens with two attached hydrogens (primary N) is 1. The second kappa shape index (κ2) is 10.4. The third-order valence-corrected chi connectivity index (χ3v) is 7.97. The molecular weight excluding hydrogens is 546 g/mol. The van der Waals surface area contributed by atoms with Gasteiger partial charge in [-0.3, -0.25) is 24.1 Å². The maximum atomic E-state index is 14.2. The number of rotatable bonds is 6. The Labute approximate surface area is 256 Å². The lowest BCUT2D eigenvalue weighted by atomic mass is 9.57. The van der Waals surface area contributed by atoms with Gasteiger partial charge in [-0.05, 0) is 65.0 Å². The Morgan fingerprint density at radius 1 is 1.17 bits per heavy atom. The Morgan fingerprint density at radius 3 is 2.36 bits per heavy atom. The predicted octanol–water partition coefficient (Wildman–Crippen LogP) is 0.357. The highest BCUT2D eigenvalue weighted by molar-refractivity contribution is 6.24. The zero-order chi connectivity index (χ0) is 39.1. The molecule has 1 fully saturated rings. The molecule has 3 aliphatic carbocycles. The number of aliphatic hydroxyl groups excluding tert-OH is 2. The summed E-state index contributed by atoms with van der Waals surface area (Å²) < 4.78 is 69.6. The molecule has 3 aliphatic rings. The fourth-order valence-corrected chi connectivity index (χ4v) is 6.19. The molecule has 0 heterocycles. The van der Waals surface area contributed by atoms with Gasteiger partial charge in [0.05, 0.1) is 23.8 Å². The molecule has 1 aromatic carbocycles. The van der Waals surface area contributed by atoms with Crippen LogP contribution in [0.25, 0.3) is 5.76 Å². The van der Waals surface area contributed by atoms with Gasteiger partial charge in [0.1, 0.15) is 22.8 Å². The second-order valence-corrected chi connectivity index (χ2v) is 11.2. The van der Waals surface area contributed by atoms with Crippen molar-refractivity contribution in [2.45, 2.75) is 50.6 Å². The van der Waals surface area contributed by atoms with Crippen molar-refractivity contribution < 1.29 is 51.9 Å². The lowest BCUT2D eigenvalue weighted by Crippen LogP contribution is -2.65. The second-order valence-electron chi connectivity index (χ2n) is 11.2. The zero-order valence-electron chi connectivity index (χ0n) is 32.3. The third kappa shape index (κ3) is 4.80. The van der Waals surface area contributed by atoms with E-state index in [9.17, 15) is 39.6 Å². The van der Waals surface area contributed by atoms with Crippen LogP contribution in [0.5, 0.6) is 5.75 Å². The van der Waals surface area contributed by atoms with E-state index in [1.54, 1.807) is 14.1 Å². The number of hydrogen-bond donors (Lipinski definition) is 7. The smallest absolute Gasteiger partial charge is 0.255 e. The number of primary amides is 1. The number of benzene rings is 1. The third-order valence-electron chi connectivity index (χ3n) is 7.97. The lowest BCUT2D eigenvalue weighted by Gasteiger charge is -2.50. The van der Waals surface area contributed by atoms with Gasteiger partial charge in [-0.2, -0.15) is 0 Å². The van der Waals surface area contributed by atoms with Crippen LogP contribution >= 0.6 is 0 Å². The van der Waals surface area contributed by atoms with Crippen LogP contribution in [0.2, 0.25) is 0 Å². The van der Waals surface area contributed by atoms with E-state index in [4.69, 9.17) is 18.1 Å². The number of aromatic hydroxyl groups is 1. The largest absolute Gasteiger partial charge is 0.508 e. The number of aliphatic hydroxyl groups is 3. The van der Waals surface area contributed by atoms with Crippen LogP contribution in [0, 0.1) is 11.8 Å². The molecule has 0 aliphatic heterocycles. The number of Topliss-reactive ketones (excluding diaryl/α,β-unsaturated/α-hetero) is 2. The highest BCUT2D eigenvalue weighted by Gasteiger charge is 2.64. The summed E-state index contributed by atoms with van der Waals surface area (Å²) in [5, 5.41) is 50.0. The van der Waals surface area contributed by atoms with Crippen molar-refractivity contribution in [1.29, 1.82) is 0 Å². The number of carbonyl (C=O) groups excluding carboxylic acids is 4. The molecule has 0 radical (unpaired) electrons. The minimum Gasteiger partial charge on any atom is -0.508 e. The molecule has 0 unspecified atom stereocenters. The van der Waals surface area contributed by atoms with Crippen molar-refractivity contribution in [1.82, 2.24) is 10.2 Å². The van der Waals surface area contributed by atoms with Crippen LogP contribution in [0.3, 0.4) is 0 Å². The van der Waals surface area contributed by atoms with Crippen LogP contribution in [0.4, 0.5) is 11.4 Å². The number of amides is 2. The lowest BCUT2D eigenvalue weighted by molar-refractivity contribution is -0.153. The molecule has 13 nitrogen and oxygen atoms in total. The van der Waals surface area contributed by atoms with Crippen LogP contribution in [0.1, 0.15) is 50.4 Å². The van der Waals surface area contributed by atoms with Crippen molar-refractivity contribution in [3.63, 3.8) is 0 Å². The Balaban J connectivity index is 1.83. The van der Waals surface area contributed by atoms with Crippen LogP contribution in [0.15, 0.2) is 23.0 Å². The minimum absolute atomic E-state index is 0.0658. The summed E-state index contributed by atoms with van der Waals surface area (Å²) in [7, 11) is 6.09. The number of anilines is 2. The zero-order valence-corrected chi connectivity index (χ0v) is 23.3. The Hall–Kier alpha value is -3.94. The van der Waals surface area contributed by atoms with E-state index in [1.165, 1.54) is 30.0 Å². The number of nitrogens with zero attached hydrogens (tertiary/aromatic N) is 2. The van der Waals surface area contributed by atoms with Gasteiger partial charge in [0.25, 0.3) is 5.91 Å². The van der Waals surface area contributed by atoms with Gasteiger partial charge in [0, 0.05) is 49.1 Å². The molecule has 0 saturated heterocycles. The van der Waals surface area contributed by atoms with E-state index in [1.807, 2.05) is 5.32 Å². The van der Waals surface area contributed by atoms with Gasteiger partial charge in [-0.25, -0.2) is 0 Å². The quantitative estimate of drug-likeness (QED) is 0.177. The van der Waals surface area contributed by atoms with Gasteiger partial charge < -0.3 is 41.7 Å². The number of likely N-dealkylation sites (N-methyl/N-ethyl adjacent to an activating group) is 1. The maximum absolute atomic E-state index is 14.2. The van der Waals surface area contributed by atoms with E-state index >= 15 is 0 Å². The Kier molecular flexibility index (Phi) is 5.17. The minimum atomic E-state index is -3.65. The molecule has 2 amide bonds. The SMILES string of the molecule is [2H]C([2H])([2H])C(NCC(=O)Nc1cc(N(C)C)c2c(c1O)C(O)=C1C(=O)[C@]3(O)C(O)=C(C(N)=O)C(=O)[C@@H](N(C)C)[C@@H]3C[C@@H]1C2)(C([2H])([2H])[2H])C([2H])([2H])[2H]. The number of carbonyl (C=O) groups is 4. The molecule has 42 heavy (non-hydrogen) atoms. The molecule has 1 saturated carbocycles. The van der Waals surface area contributed by atoms with Crippen LogP contribution < -0.4 is 21.3 Å².